The number of hydrogen-bond donors (Lipinski definition) is 1. The van der Waals surface area contributed by atoms with E-state index in [2.05, 4.69) is 5.32 Å². The lowest BCUT2D eigenvalue weighted by Crippen LogP contribution is -2.28. The molecule has 0 aromatic heterocycles. The lowest BCUT2D eigenvalue weighted by molar-refractivity contribution is -0.124. The largest absolute Gasteiger partial charge is 0.452 e. The smallest absolute Gasteiger partial charge is 0.340 e. The summed E-state index contributed by atoms with van der Waals surface area (Å²) in [7, 11) is -2.79. The second kappa shape index (κ2) is 10.5. The Morgan fingerprint density at radius 3 is 2.36 bits per heavy atom. The van der Waals surface area contributed by atoms with E-state index in [1.165, 1.54) is 31.3 Å². The Balaban J connectivity index is 1.69. The first-order valence-electron chi connectivity index (χ1n) is 9.70. The molecular weight excluding hydrogens is 471 g/mol. The van der Waals surface area contributed by atoms with Gasteiger partial charge in [-0.2, -0.15) is 0 Å². The standard InChI is InChI=1S/C23H20ClFN2O5S/c1-27(18-9-7-17(25)8-10-18)33(30,31)19-11-12-21(24)20(13-19)23(29)32-15-22(28)26-14-16-5-3-2-4-6-16/h2-13H,14-15H2,1H3,(H,26,28). The number of carbonyl (C=O) groups excluding carboxylic acids is 2. The molecule has 3 aromatic carbocycles. The number of carbonyl (C=O) groups is 2. The van der Waals surface area contributed by atoms with E-state index in [-0.39, 0.29) is 27.7 Å². The van der Waals surface area contributed by atoms with E-state index in [0.29, 0.717) is 0 Å². The fraction of sp³-hybridized carbons (Fsp3) is 0.130. The molecule has 3 aromatic rings. The molecule has 3 rings (SSSR count). The lowest BCUT2D eigenvalue weighted by Gasteiger charge is -2.20. The zero-order chi connectivity index (χ0) is 24.0. The highest BCUT2D eigenvalue weighted by molar-refractivity contribution is 7.92. The summed E-state index contributed by atoms with van der Waals surface area (Å²) < 4.78 is 45.0. The van der Waals surface area contributed by atoms with E-state index < -0.39 is 34.3 Å². The summed E-state index contributed by atoms with van der Waals surface area (Å²) in [6, 6.07) is 17.6. The van der Waals surface area contributed by atoms with Gasteiger partial charge >= 0.3 is 5.97 Å². The third kappa shape index (κ3) is 6.09. The first-order valence-corrected chi connectivity index (χ1v) is 11.5. The number of nitrogens with zero attached hydrogens (tertiary/aromatic N) is 1. The number of nitrogens with one attached hydrogen (secondary N) is 1. The van der Waals surface area contributed by atoms with E-state index in [0.717, 1.165) is 28.1 Å². The van der Waals surface area contributed by atoms with Gasteiger partial charge in [-0.3, -0.25) is 9.10 Å². The lowest BCUT2D eigenvalue weighted by atomic mass is 10.2. The van der Waals surface area contributed by atoms with E-state index in [1.807, 2.05) is 30.3 Å². The summed E-state index contributed by atoms with van der Waals surface area (Å²) in [5.41, 5.74) is 0.898. The van der Waals surface area contributed by atoms with Crippen molar-refractivity contribution in [2.24, 2.45) is 0 Å². The molecule has 0 aliphatic carbocycles. The van der Waals surface area contributed by atoms with Crippen molar-refractivity contribution in [2.75, 3.05) is 18.0 Å². The van der Waals surface area contributed by atoms with Gasteiger partial charge in [-0.1, -0.05) is 41.9 Å². The number of benzene rings is 3. The molecule has 0 aliphatic heterocycles. The van der Waals surface area contributed by atoms with Crippen LogP contribution >= 0.6 is 11.6 Å². The van der Waals surface area contributed by atoms with Crippen molar-refractivity contribution < 1.29 is 27.1 Å². The van der Waals surface area contributed by atoms with E-state index in [9.17, 15) is 22.4 Å². The molecule has 0 heterocycles. The van der Waals surface area contributed by atoms with Gasteiger partial charge in [-0.05, 0) is 48.0 Å². The zero-order valence-electron chi connectivity index (χ0n) is 17.5. The molecule has 0 bridgehead atoms. The summed E-state index contributed by atoms with van der Waals surface area (Å²) in [6.07, 6.45) is 0. The van der Waals surface area contributed by atoms with Gasteiger partial charge in [-0.25, -0.2) is 17.6 Å². The molecule has 172 valence electrons. The van der Waals surface area contributed by atoms with Crippen LogP contribution in [0.1, 0.15) is 15.9 Å². The quantitative estimate of drug-likeness (QED) is 0.485. The Hall–Kier alpha value is -3.43. The third-order valence-electron chi connectivity index (χ3n) is 4.67. The Bertz CT molecular complexity index is 1250. The van der Waals surface area contributed by atoms with Gasteiger partial charge in [0.05, 0.1) is 21.2 Å². The molecule has 10 heteroatoms. The number of hydrogen-bond acceptors (Lipinski definition) is 5. The van der Waals surface area contributed by atoms with Crippen LogP contribution in [0, 0.1) is 5.82 Å². The molecule has 0 saturated carbocycles. The molecule has 0 spiro atoms. The first kappa shape index (κ1) is 24.2. The molecule has 0 saturated heterocycles. The van der Waals surface area contributed by atoms with E-state index in [4.69, 9.17) is 16.3 Å². The van der Waals surface area contributed by atoms with Crippen molar-refractivity contribution in [1.29, 1.82) is 0 Å². The Morgan fingerprint density at radius 2 is 1.70 bits per heavy atom. The first-order chi connectivity index (χ1) is 15.7. The molecule has 1 amide bonds. The van der Waals surface area contributed by atoms with E-state index in [1.54, 1.807) is 0 Å². The van der Waals surface area contributed by atoms with Crippen molar-refractivity contribution in [3.05, 3.63) is 94.8 Å². The number of rotatable bonds is 8. The predicted molar refractivity (Wildman–Crippen MR) is 122 cm³/mol. The van der Waals surface area contributed by atoms with Gasteiger partial charge in [0.15, 0.2) is 6.61 Å². The van der Waals surface area contributed by atoms with Gasteiger partial charge < -0.3 is 10.1 Å². The van der Waals surface area contributed by atoms with E-state index >= 15 is 0 Å². The highest BCUT2D eigenvalue weighted by atomic mass is 35.5. The number of amides is 1. The minimum absolute atomic E-state index is 0.0342. The van der Waals surface area contributed by atoms with Gasteiger partial charge in [0.1, 0.15) is 5.82 Å². The summed E-state index contributed by atoms with van der Waals surface area (Å²) >= 11 is 6.06. The normalized spacial score (nSPS) is 11.0. The number of esters is 1. The van der Waals surface area contributed by atoms with Crippen LogP contribution in [0.25, 0.3) is 0 Å². The topological polar surface area (TPSA) is 92.8 Å². The fourth-order valence-electron chi connectivity index (χ4n) is 2.83. The second-order valence-electron chi connectivity index (χ2n) is 6.93. The van der Waals surface area contributed by atoms with Crippen molar-refractivity contribution in [2.45, 2.75) is 11.4 Å². The molecule has 0 radical (unpaired) electrons. The minimum atomic E-state index is -4.08. The van der Waals surface area contributed by atoms with Gasteiger partial charge in [-0.15, -0.1) is 0 Å². The minimum Gasteiger partial charge on any atom is -0.452 e. The zero-order valence-corrected chi connectivity index (χ0v) is 19.1. The molecule has 1 N–H and O–H groups in total. The highest BCUT2D eigenvalue weighted by Gasteiger charge is 2.24. The van der Waals surface area contributed by atoms with Crippen LogP contribution in [0.4, 0.5) is 10.1 Å². The summed E-state index contributed by atoms with van der Waals surface area (Å²) in [5, 5.41) is 2.58. The predicted octanol–water partition coefficient (Wildman–Crippen LogP) is 3.78. The second-order valence-corrected chi connectivity index (χ2v) is 9.31. The van der Waals surface area contributed by atoms with Crippen LogP contribution in [-0.4, -0.2) is 33.9 Å². The van der Waals surface area contributed by atoms with Crippen molar-refractivity contribution >= 4 is 39.2 Å². The van der Waals surface area contributed by atoms with Crippen molar-refractivity contribution in [3.63, 3.8) is 0 Å². The number of ether oxygens (including phenoxy) is 1. The molecule has 0 fully saturated rings. The Labute approximate surface area is 195 Å². The van der Waals surface area contributed by atoms with Gasteiger partial charge in [0.2, 0.25) is 0 Å². The van der Waals surface area contributed by atoms with Crippen LogP contribution in [0.2, 0.25) is 5.02 Å². The maximum absolute atomic E-state index is 13.2. The van der Waals surface area contributed by atoms with Crippen molar-refractivity contribution in [3.8, 4) is 0 Å². The molecule has 7 nitrogen and oxygen atoms in total. The molecule has 33 heavy (non-hydrogen) atoms. The van der Waals surface area contributed by atoms with Gasteiger partial charge in [0, 0.05) is 13.6 Å². The van der Waals surface area contributed by atoms with Crippen LogP contribution in [0.15, 0.2) is 77.7 Å². The number of sulfonamides is 1. The fourth-order valence-corrected chi connectivity index (χ4v) is 4.24. The average molecular weight is 491 g/mol. The van der Waals surface area contributed by atoms with Crippen molar-refractivity contribution in [1.82, 2.24) is 5.32 Å². The van der Waals surface area contributed by atoms with Crippen LogP contribution in [-0.2, 0) is 26.1 Å². The molecule has 0 aliphatic rings. The van der Waals surface area contributed by atoms with Crippen LogP contribution in [0.3, 0.4) is 0 Å². The SMILES string of the molecule is CN(c1ccc(F)cc1)S(=O)(=O)c1ccc(Cl)c(C(=O)OCC(=O)NCc2ccccc2)c1. The monoisotopic (exact) mass is 490 g/mol. The number of halogens is 2. The summed E-state index contributed by atoms with van der Waals surface area (Å²) in [4.78, 5) is 24.2. The molecule has 0 unspecified atom stereocenters. The molecule has 0 atom stereocenters. The average Bonchev–Trinajstić information content (AvgIpc) is 2.82. The Morgan fingerprint density at radius 1 is 1.03 bits per heavy atom. The molecular formula is C23H20ClFN2O5S. The Kier molecular flexibility index (Phi) is 7.67. The third-order valence-corrected chi connectivity index (χ3v) is 6.78. The maximum Gasteiger partial charge on any atom is 0.340 e. The van der Waals surface area contributed by atoms with Crippen LogP contribution in [0.5, 0.6) is 0 Å². The highest BCUT2D eigenvalue weighted by Crippen LogP contribution is 2.26. The number of anilines is 1. The van der Waals surface area contributed by atoms with Gasteiger partial charge in [0.25, 0.3) is 15.9 Å². The summed E-state index contributed by atoms with van der Waals surface area (Å²) in [6.45, 7) is -0.296. The van der Waals surface area contributed by atoms with Crippen LogP contribution < -0.4 is 9.62 Å². The maximum atomic E-state index is 13.2. The summed E-state index contributed by atoms with van der Waals surface area (Å²) in [5.74, 6) is -1.98.